The van der Waals surface area contributed by atoms with E-state index in [0.29, 0.717) is 5.92 Å². The first-order valence-corrected chi connectivity index (χ1v) is 7.96. The Bertz CT molecular complexity index is 860. The van der Waals surface area contributed by atoms with Crippen LogP contribution in [0.15, 0.2) is 54.6 Å². The molecule has 3 rings (SSSR count). The molecule has 122 valence electrons. The topological polar surface area (TPSA) is 55.1 Å². The van der Waals surface area contributed by atoms with Gasteiger partial charge in [0.1, 0.15) is 0 Å². The van der Waals surface area contributed by atoms with E-state index < -0.39 is 5.97 Å². The van der Waals surface area contributed by atoms with Gasteiger partial charge in [-0.3, -0.25) is 0 Å². The van der Waals surface area contributed by atoms with E-state index in [9.17, 15) is 9.90 Å². The molecule has 0 bridgehead atoms. The van der Waals surface area contributed by atoms with E-state index in [2.05, 4.69) is 31.1 Å². The van der Waals surface area contributed by atoms with Crippen LogP contribution in [0.25, 0.3) is 16.9 Å². The van der Waals surface area contributed by atoms with Crippen LogP contribution in [0.4, 0.5) is 0 Å². The highest BCUT2D eigenvalue weighted by Crippen LogP contribution is 2.26. The molecule has 1 N–H and O–H groups in total. The summed E-state index contributed by atoms with van der Waals surface area (Å²) in [7, 11) is 0. The SMILES string of the molecule is Cc1ccc(-n2nc(C(=O)O)cc2-c2ccc(C(C)C)cc2)cc1. The summed E-state index contributed by atoms with van der Waals surface area (Å²) in [5.41, 5.74) is 4.99. The minimum atomic E-state index is -1.03. The molecule has 0 aliphatic carbocycles. The Morgan fingerprint density at radius 1 is 1.04 bits per heavy atom. The average Bonchev–Trinajstić information content (AvgIpc) is 3.01. The Hall–Kier alpha value is -2.88. The van der Waals surface area contributed by atoms with Gasteiger partial charge < -0.3 is 5.11 Å². The molecule has 0 atom stereocenters. The molecule has 0 aliphatic heterocycles. The molecule has 0 aliphatic rings. The average molecular weight is 320 g/mol. The third-order valence-corrected chi connectivity index (χ3v) is 4.08. The summed E-state index contributed by atoms with van der Waals surface area (Å²) < 4.78 is 1.69. The van der Waals surface area contributed by atoms with Gasteiger partial charge in [-0.05, 0) is 36.6 Å². The maximum absolute atomic E-state index is 11.4. The maximum atomic E-state index is 11.4. The van der Waals surface area contributed by atoms with Gasteiger partial charge in [-0.25, -0.2) is 9.48 Å². The number of benzene rings is 2. The fraction of sp³-hybridized carbons (Fsp3) is 0.200. The zero-order valence-corrected chi connectivity index (χ0v) is 14.0. The second-order valence-corrected chi connectivity index (χ2v) is 6.24. The predicted molar refractivity (Wildman–Crippen MR) is 94.8 cm³/mol. The van der Waals surface area contributed by atoms with Crippen molar-refractivity contribution in [3.63, 3.8) is 0 Å². The lowest BCUT2D eigenvalue weighted by atomic mass is 10.0. The summed E-state index contributed by atoms with van der Waals surface area (Å²) in [5, 5.41) is 13.6. The molecule has 1 aromatic heterocycles. The highest BCUT2D eigenvalue weighted by Gasteiger charge is 2.16. The number of aryl methyl sites for hydroxylation is 1. The first kappa shape index (κ1) is 16.0. The van der Waals surface area contributed by atoms with Gasteiger partial charge in [0, 0.05) is 5.56 Å². The van der Waals surface area contributed by atoms with Crippen LogP contribution in [-0.2, 0) is 0 Å². The monoisotopic (exact) mass is 320 g/mol. The first-order chi connectivity index (χ1) is 11.5. The number of hydrogen-bond donors (Lipinski definition) is 1. The molecule has 1 heterocycles. The molecule has 2 aromatic carbocycles. The number of aromatic carboxylic acids is 1. The number of carbonyl (C=O) groups is 1. The van der Waals surface area contributed by atoms with Crippen LogP contribution in [0.5, 0.6) is 0 Å². The van der Waals surface area contributed by atoms with E-state index in [0.717, 1.165) is 22.5 Å². The largest absolute Gasteiger partial charge is 0.476 e. The van der Waals surface area contributed by atoms with Crippen molar-refractivity contribution >= 4 is 5.97 Å². The summed E-state index contributed by atoms with van der Waals surface area (Å²) in [6, 6.07) is 17.7. The number of carboxylic acid groups (broad SMARTS) is 1. The molecule has 0 saturated heterocycles. The van der Waals surface area contributed by atoms with Gasteiger partial charge in [-0.1, -0.05) is 55.8 Å². The van der Waals surface area contributed by atoms with E-state index in [1.54, 1.807) is 10.7 Å². The normalized spacial score (nSPS) is 11.0. The lowest BCUT2D eigenvalue weighted by Gasteiger charge is -2.10. The molecule has 4 nitrogen and oxygen atoms in total. The predicted octanol–water partition coefficient (Wildman–Crippen LogP) is 4.67. The second kappa shape index (κ2) is 6.32. The molecule has 0 fully saturated rings. The Balaban J connectivity index is 2.12. The number of rotatable bonds is 4. The van der Waals surface area contributed by atoms with Crippen LogP contribution in [0, 0.1) is 6.92 Å². The lowest BCUT2D eigenvalue weighted by molar-refractivity contribution is 0.0690. The quantitative estimate of drug-likeness (QED) is 0.760. The fourth-order valence-electron chi connectivity index (χ4n) is 2.61. The Labute approximate surface area is 141 Å². The van der Waals surface area contributed by atoms with E-state index in [1.165, 1.54) is 5.56 Å². The van der Waals surface area contributed by atoms with Crippen molar-refractivity contribution in [2.45, 2.75) is 26.7 Å². The number of nitrogens with zero attached hydrogens (tertiary/aromatic N) is 2. The standard InChI is InChI=1S/C20H20N2O2/c1-13(2)15-6-8-16(9-7-15)19-12-18(20(23)24)21-22(19)17-10-4-14(3)5-11-17/h4-13H,1-3H3,(H,23,24). The summed E-state index contributed by atoms with van der Waals surface area (Å²) in [6.07, 6.45) is 0. The number of aromatic nitrogens is 2. The Morgan fingerprint density at radius 3 is 2.21 bits per heavy atom. The van der Waals surface area contributed by atoms with Gasteiger partial charge in [-0.15, -0.1) is 0 Å². The number of carboxylic acids is 1. The molecule has 0 amide bonds. The molecule has 3 aromatic rings. The van der Waals surface area contributed by atoms with E-state index in [-0.39, 0.29) is 5.69 Å². The van der Waals surface area contributed by atoms with Crippen LogP contribution >= 0.6 is 0 Å². The third-order valence-electron chi connectivity index (χ3n) is 4.08. The highest BCUT2D eigenvalue weighted by molar-refractivity contribution is 5.87. The maximum Gasteiger partial charge on any atom is 0.356 e. The first-order valence-electron chi connectivity index (χ1n) is 7.96. The van der Waals surface area contributed by atoms with Crippen molar-refractivity contribution in [3.05, 3.63) is 71.4 Å². The van der Waals surface area contributed by atoms with Gasteiger partial charge in [0.25, 0.3) is 0 Å². The zero-order chi connectivity index (χ0) is 17.3. The Kier molecular flexibility index (Phi) is 4.21. The van der Waals surface area contributed by atoms with Gasteiger partial charge in [0.05, 0.1) is 11.4 Å². The molecular weight excluding hydrogens is 300 g/mol. The van der Waals surface area contributed by atoms with Crippen molar-refractivity contribution in [2.75, 3.05) is 0 Å². The van der Waals surface area contributed by atoms with Crippen molar-refractivity contribution in [3.8, 4) is 16.9 Å². The number of hydrogen-bond acceptors (Lipinski definition) is 2. The van der Waals surface area contributed by atoms with Crippen LogP contribution in [-0.4, -0.2) is 20.9 Å². The third kappa shape index (κ3) is 3.08. The molecule has 0 radical (unpaired) electrons. The molecule has 0 spiro atoms. The second-order valence-electron chi connectivity index (χ2n) is 6.24. The van der Waals surface area contributed by atoms with Gasteiger partial charge >= 0.3 is 5.97 Å². The van der Waals surface area contributed by atoms with E-state index in [4.69, 9.17) is 0 Å². The van der Waals surface area contributed by atoms with Crippen LogP contribution in [0.1, 0.15) is 41.4 Å². The summed E-state index contributed by atoms with van der Waals surface area (Å²) >= 11 is 0. The molecule has 4 heteroatoms. The minimum Gasteiger partial charge on any atom is -0.476 e. The fourth-order valence-corrected chi connectivity index (χ4v) is 2.61. The van der Waals surface area contributed by atoms with Crippen molar-refractivity contribution < 1.29 is 9.90 Å². The molecular formula is C20H20N2O2. The molecule has 24 heavy (non-hydrogen) atoms. The van der Waals surface area contributed by atoms with Gasteiger partial charge in [0.15, 0.2) is 5.69 Å². The highest BCUT2D eigenvalue weighted by atomic mass is 16.4. The lowest BCUT2D eigenvalue weighted by Crippen LogP contribution is -2.02. The Morgan fingerprint density at radius 2 is 1.67 bits per heavy atom. The van der Waals surface area contributed by atoms with Crippen molar-refractivity contribution in [2.24, 2.45) is 0 Å². The minimum absolute atomic E-state index is 0.0403. The van der Waals surface area contributed by atoms with E-state index in [1.807, 2.05) is 43.3 Å². The zero-order valence-electron chi connectivity index (χ0n) is 14.0. The summed E-state index contributed by atoms with van der Waals surface area (Å²) in [4.78, 5) is 11.4. The molecule has 0 unspecified atom stereocenters. The van der Waals surface area contributed by atoms with Crippen LogP contribution < -0.4 is 0 Å². The van der Waals surface area contributed by atoms with Crippen molar-refractivity contribution in [1.29, 1.82) is 0 Å². The smallest absolute Gasteiger partial charge is 0.356 e. The summed E-state index contributed by atoms with van der Waals surface area (Å²) in [6.45, 7) is 6.31. The van der Waals surface area contributed by atoms with Crippen LogP contribution in [0.2, 0.25) is 0 Å². The van der Waals surface area contributed by atoms with Crippen molar-refractivity contribution in [1.82, 2.24) is 9.78 Å². The summed E-state index contributed by atoms with van der Waals surface area (Å²) in [5.74, 6) is -0.573. The van der Waals surface area contributed by atoms with Gasteiger partial charge in [0.2, 0.25) is 0 Å². The molecule has 0 saturated carbocycles. The van der Waals surface area contributed by atoms with Gasteiger partial charge in [-0.2, -0.15) is 5.10 Å². The van der Waals surface area contributed by atoms with E-state index >= 15 is 0 Å². The van der Waals surface area contributed by atoms with Crippen LogP contribution in [0.3, 0.4) is 0 Å².